The minimum absolute atomic E-state index is 0.0825. The van der Waals surface area contributed by atoms with Crippen LogP contribution in [0.2, 0.25) is 0 Å². The lowest BCUT2D eigenvalue weighted by molar-refractivity contribution is -0.144. The number of carbonyl (C=O) groups is 1. The van der Waals surface area contributed by atoms with Gasteiger partial charge in [0.05, 0.1) is 19.8 Å². The summed E-state index contributed by atoms with van der Waals surface area (Å²) < 4.78 is 5.24. The molecule has 5 heteroatoms. The van der Waals surface area contributed by atoms with E-state index in [0.29, 0.717) is 13.2 Å². The summed E-state index contributed by atoms with van der Waals surface area (Å²) in [6.45, 7) is 5.88. The van der Waals surface area contributed by atoms with Crippen molar-refractivity contribution in [3.8, 4) is 0 Å². The maximum absolute atomic E-state index is 12.2. The molecule has 1 aromatic carbocycles. The van der Waals surface area contributed by atoms with Crippen molar-refractivity contribution in [2.45, 2.75) is 62.9 Å². The largest absolute Gasteiger partial charge is 0.465 e. The summed E-state index contributed by atoms with van der Waals surface area (Å²) in [4.78, 5) is 19.7. The molecule has 0 aromatic heterocycles. The first-order valence-electron chi connectivity index (χ1n) is 11.8. The minimum atomic E-state index is -0.0825. The van der Waals surface area contributed by atoms with Crippen molar-refractivity contribution >= 4 is 5.97 Å². The number of hydrogen-bond acceptors (Lipinski definition) is 5. The van der Waals surface area contributed by atoms with Gasteiger partial charge in [0.25, 0.3) is 0 Å². The smallest absolute Gasteiger partial charge is 0.320 e. The molecule has 1 aromatic rings. The van der Waals surface area contributed by atoms with Gasteiger partial charge in [-0.1, -0.05) is 36.8 Å². The van der Waals surface area contributed by atoms with E-state index >= 15 is 0 Å². The van der Waals surface area contributed by atoms with E-state index in [2.05, 4.69) is 59.1 Å². The van der Waals surface area contributed by atoms with Gasteiger partial charge in [0.2, 0.25) is 0 Å². The second kappa shape index (κ2) is 8.97. The molecular weight excluding hydrogens is 374 g/mol. The summed E-state index contributed by atoms with van der Waals surface area (Å²) in [6, 6.07) is 11.1. The van der Waals surface area contributed by atoms with Crippen molar-refractivity contribution in [3.63, 3.8) is 0 Å². The Morgan fingerprint density at radius 3 is 2.40 bits per heavy atom. The second-order valence-corrected chi connectivity index (χ2v) is 9.97. The van der Waals surface area contributed by atoms with Gasteiger partial charge in [0.15, 0.2) is 0 Å². The third-order valence-corrected chi connectivity index (χ3v) is 8.10. The molecule has 0 radical (unpaired) electrons. The quantitative estimate of drug-likeness (QED) is 0.637. The van der Waals surface area contributed by atoms with E-state index in [1.54, 1.807) is 0 Å². The van der Waals surface area contributed by atoms with Crippen LogP contribution in [0.1, 0.15) is 57.4 Å². The number of hydrogen-bond donors (Lipinski definition) is 0. The van der Waals surface area contributed by atoms with Gasteiger partial charge in [-0.25, -0.2) is 0 Å². The molecule has 0 atom stereocenters. The monoisotopic (exact) mass is 413 g/mol. The predicted molar refractivity (Wildman–Crippen MR) is 120 cm³/mol. The zero-order valence-electron chi connectivity index (χ0n) is 19.1. The molecule has 0 amide bonds. The molecule has 4 rings (SSSR count). The molecule has 2 saturated carbocycles. The highest BCUT2D eigenvalue weighted by Gasteiger charge is 2.52. The highest BCUT2D eigenvalue weighted by atomic mass is 16.5. The van der Waals surface area contributed by atoms with Crippen molar-refractivity contribution in [3.05, 3.63) is 35.9 Å². The second-order valence-electron chi connectivity index (χ2n) is 9.97. The Morgan fingerprint density at radius 1 is 1.13 bits per heavy atom. The molecule has 0 unspecified atom stereocenters. The van der Waals surface area contributed by atoms with E-state index < -0.39 is 0 Å². The first-order chi connectivity index (χ1) is 14.5. The zero-order valence-corrected chi connectivity index (χ0v) is 19.1. The SMILES string of the molecule is CCOC(=O)CN1CN(CC2CCC2)C2(CCC(c3ccccc3)(N(C)C)CC2)C1. The van der Waals surface area contributed by atoms with Gasteiger partial charge in [-0.2, -0.15) is 0 Å². The lowest BCUT2D eigenvalue weighted by atomic mass is 9.68. The van der Waals surface area contributed by atoms with Crippen LogP contribution in [-0.4, -0.2) is 73.2 Å². The molecule has 0 N–H and O–H groups in total. The minimum Gasteiger partial charge on any atom is -0.465 e. The van der Waals surface area contributed by atoms with Crippen LogP contribution in [0.5, 0.6) is 0 Å². The van der Waals surface area contributed by atoms with Crippen LogP contribution in [0, 0.1) is 5.92 Å². The Labute approximate surface area is 182 Å². The standard InChI is InChI=1S/C25H39N3O2/c1-4-30-23(29)18-27-19-24(28(20-27)17-21-9-8-10-21)13-15-25(16-14-24,26(2)3)22-11-6-5-7-12-22/h5-7,11-12,21H,4,8-10,13-20H2,1-3H3. The fourth-order valence-corrected chi connectivity index (χ4v) is 6.04. The Kier molecular flexibility index (Phi) is 6.52. The van der Waals surface area contributed by atoms with Crippen molar-refractivity contribution in [1.29, 1.82) is 0 Å². The van der Waals surface area contributed by atoms with Crippen molar-refractivity contribution in [2.75, 3.05) is 47.0 Å². The molecule has 1 heterocycles. The third-order valence-electron chi connectivity index (χ3n) is 8.10. The summed E-state index contributed by atoms with van der Waals surface area (Å²) in [5.74, 6) is 0.764. The topological polar surface area (TPSA) is 36.0 Å². The molecule has 166 valence electrons. The number of carbonyl (C=O) groups excluding carboxylic acids is 1. The van der Waals surface area contributed by atoms with Gasteiger partial charge in [-0.3, -0.25) is 19.5 Å². The molecule has 30 heavy (non-hydrogen) atoms. The average molecular weight is 414 g/mol. The van der Waals surface area contributed by atoms with Gasteiger partial charge in [0, 0.05) is 24.2 Å². The van der Waals surface area contributed by atoms with Crippen LogP contribution in [0.15, 0.2) is 30.3 Å². The first-order valence-corrected chi connectivity index (χ1v) is 11.8. The number of esters is 1. The molecule has 3 fully saturated rings. The summed E-state index contributed by atoms with van der Waals surface area (Å²) in [7, 11) is 4.47. The van der Waals surface area contributed by atoms with Crippen LogP contribution in [0.3, 0.4) is 0 Å². The van der Waals surface area contributed by atoms with Crippen LogP contribution >= 0.6 is 0 Å². The molecule has 1 spiro atoms. The van der Waals surface area contributed by atoms with Crippen molar-refractivity contribution < 1.29 is 9.53 Å². The Bertz CT molecular complexity index is 708. The number of nitrogens with zero attached hydrogens (tertiary/aromatic N) is 3. The van der Waals surface area contributed by atoms with Gasteiger partial charge >= 0.3 is 5.97 Å². The zero-order chi connectivity index (χ0) is 21.2. The van der Waals surface area contributed by atoms with E-state index in [1.165, 1.54) is 57.1 Å². The Hall–Kier alpha value is -1.43. The van der Waals surface area contributed by atoms with Crippen LogP contribution < -0.4 is 0 Å². The van der Waals surface area contributed by atoms with Gasteiger partial charge in [-0.15, -0.1) is 0 Å². The van der Waals surface area contributed by atoms with E-state index in [-0.39, 0.29) is 17.0 Å². The average Bonchev–Trinajstić information content (AvgIpc) is 3.02. The fraction of sp³-hybridized carbons (Fsp3) is 0.720. The molecular formula is C25H39N3O2. The normalized spacial score (nSPS) is 30.7. The number of ether oxygens (including phenoxy) is 1. The third kappa shape index (κ3) is 4.17. The molecule has 2 aliphatic carbocycles. The summed E-state index contributed by atoms with van der Waals surface area (Å²) >= 11 is 0. The van der Waals surface area contributed by atoms with Gasteiger partial charge < -0.3 is 4.74 Å². The van der Waals surface area contributed by atoms with E-state index in [9.17, 15) is 4.79 Å². The van der Waals surface area contributed by atoms with Crippen LogP contribution in [-0.2, 0) is 15.1 Å². The van der Waals surface area contributed by atoms with Gasteiger partial charge in [-0.05, 0) is 71.0 Å². The summed E-state index contributed by atoms with van der Waals surface area (Å²) in [6.07, 6.45) is 8.83. The maximum Gasteiger partial charge on any atom is 0.320 e. The van der Waals surface area contributed by atoms with E-state index in [1.807, 2.05) is 6.92 Å². The Morgan fingerprint density at radius 2 is 1.83 bits per heavy atom. The number of rotatable bonds is 7. The maximum atomic E-state index is 12.2. The number of benzene rings is 1. The highest BCUT2D eigenvalue weighted by Crippen LogP contribution is 2.49. The van der Waals surface area contributed by atoms with Crippen molar-refractivity contribution in [1.82, 2.24) is 14.7 Å². The molecule has 5 nitrogen and oxygen atoms in total. The molecule has 0 bridgehead atoms. The van der Waals surface area contributed by atoms with Gasteiger partial charge in [0.1, 0.15) is 0 Å². The molecule has 1 saturated heterocycles. The van der Waals surface area contributed by atoms with Crippen LogP contribution in [0.4, 0.5) is 0 Å². The lowest BCUT2D eigenvalue weighted by Crippen LogP contribution is -2.56. The fourth-order valence-electron chi connectivity index (χ4n) is 6.04. The molecule has 1 aliphatic heterocycles. The lowest BCUT2D eigenvalue weighted by Gasteiger charge is -2.52. The molecule has 3 aliphatic rings. The summed E-state index contributed by atoms with van der Waals surface area (Å²) in [5.41, 5.74) is 1.76. The summed E-state index contributed by atoms with van der Waals surface area (Å²) in [5, 5.41) is 0. The predicted octanol–water partition coefficient (Wildman–Crippen LogP) is 3.69. The van der Waals surface area contributed by atoms with Crippen LogP contribution in [0.25, 0.3) is 0 Å². The van der Waals surface area contributed by atoms with E-state index in [0.717, 1.165) is 19.1 Å². The van der Waals surface area contributed by atoms with Crippen molar-refractivity contribution in [2.24, 2.45) is 5.92 Å². The van der Waals surface area contributed by atoms with E-state index in [4.69, 9.17) is 4.74 Å². The Balaban J connectivity index is 1.51. The first kappa shape index (κ1) is 21.8. The highest BCUT2D eigenvalue weighted by molar-refractivity contribution is 5.71.